The zero-order chi connectivity index (χ0) is 53.4. The fourth-order valence-electron chi connectivity index (χ4n) is 9.86. The molecule has 5 aromatic carbocycles. The first kappa shape index (κ1) is 53.1. The van der Waals surface area contributed by atoms with E-state index in [1.165, 1.54) is 0 Å². The first-order valence-electron chi connectivity index (χ1n) is 26.4. The minimum Gasteiger partial charge on any atom is -0.492 e. The number of nitrogens with one attached hydrogen (secondary N) is 1. The normalized spacial score (nSPS) is 13.4. The lowest BCUT2D eigenvalue weighted by molar-refractivity contribution is 0.289. The number of ether oxygens (including phenoxy) is 2. The Labute approximate surface area is 478 Å². The van der Waals surface area contributed by atoms with Crippen molar-refractivity contribution in [2.75, 3.05) is 37.7 Å². The molecule has 0 amide bonds. The van der Waals surface area contributed by atoms with E-state index in [9.17, 15) is 0 Å². The molecule has 10 nitrogen and oxygen atoms in total. The molecule has 4 heterocycles. The lowest BCUT2D eigenvalue weighted by Gasteiger charge is -2.22. The number of aromatic amines is 1. The number of hydrogen-bond acceptors (Lipinski definition) is 7. The lowest BCUT2D eigenvalue weighted by atomic mass is 9.93. The van der Waals surface area contributed by atoms with E-state index in [-0.39, 0.29) is 6.61 Å². The molecule has 0 atom stereocenters. The highest BCUT2D eigenvalue weighted by Crippen LogP contribution is 2.43. The van der Waals surface area contributed by atoms with Gasteiger partial charge in [0, 0.05) is 60.1 Å². The predicted molar refractivity (Wildman–Crippen MR) is 334 cm³/mol. The molecule has 0 saturated heterocycles. The maximum Gasteiger partial charge on any atom is 0.203 e. The molecule has 2 aromatic heterocycles. The van der Waals surface area contributed by atoms with E-state index in [1.807, 2.05) is 42.6 Å². The van der Waals surface area contributed by atoms with Crippen LogP contribution >= 0.6 is 45.2 Å². The SMILES string of the molecule is CCN(CC)c1ccc2c(-c3ccc(OCCn4cc(COc5ccc(/C(=C6N=C(/C=C/c7ccccc7)C(I)=C/6C)c6[nH]c(/C=C/c7ccccc7)c(I)c6C)cc5)nn4)cc3)c3ccc(=[N+](CC)CC)cc-3oc2c1. The van der Waals surface area contributed by atoms with Gasteiger partial charge in [-0.3, -0.25) is 0 Å². The van der Waals surface area contributed by atoms with Gasteiger partial charge in [0.15, 0.2) is 0 Å². The zero-order valence-corrected chi connectivity index (χ0v) is 48.7. The van der Waals surface area contributed by atoms with E-state index in [0.717, 1.165) is 151 Å². The van der Waals surface area contributed by atoms with Gasteiger partial charge in [-0.15, -0.1) is 5.10 Å². The van der Waals surface area contributed by atoms with Crippen LogP contribution in [0.1, 0.15) is 74.0 Å². The van der Waals surface area contributed by atoms with Gasteiger partial charge in [-0.1, -0.05) is 102 Å². The van der Waals surface area contributed by atoms with E-state index in [1.54, 1.807) is 4.68 Å². The Morgan fingerprint density at radius 3 is 2.10 bits per heavy atom. The Morgan fingerprint density at radius 2 is 1.42 bits per heavy atom. The average molecular weight is 1240 g/mol. The van der Waals surface area contributed by atoms with Crippen LogP contribution in [0.3, 0.4) is 0 Å². The third-order valence-corrected chi connectivity index (χ3v) is 16.8. The maximum absolute atomic E-state index is 6.70. The Bertz CT molecular complexity index is 3740. The zero-order valence-electron chi connectivity index (χ0n) is 44.4. The van der Waals surface area contributed by atoms with Crippen molar-refractivity contribution in [3.63, 3.8) is 0 Å². The number of fused-ring (bicyclic) bond motifs is 2. The molecular weight excluding hydrogens is 1180 g/mol. The predicted octanol–water partition coefficient (Wildman–Crippen LogP) is 15.2. The first-order chi connectivity index (χ1) is 37.6. The van der Waals surface area contributed by atoms with Crippen LogP contribution in [0.5, 0.6) is 11.5 Å². The standard InChI is InChI=1S/C65H62I2N7O3/c1-7-72(8-2)50-27-33-54-58(39-50)77-59-40-51(73(9-3)10-4)28-34-55(59)60(54)47-23-29-52(30-24-47)75-38-37-74-41-49(70-71-74)42-76-53-31-25-48(26-32-53)61(64-43(5)62(66)56(68-64)35-21-45-17-13-11-14-18-45)65-44(6)63(67)57(69-65)36-22-46-19-15-12-16-20-46/h11-36,39-41,68H,7-10,37-38,42H2,1-6H3/q+1/b35-21+,36-22+,65-61-. The number of nitrogens with zero attached hydrogens (tertiary/aromatic N) is 6. The van der Waals surface area contributed by atoms with E-state index in [0.29, 0.717) is 13.2 Å². The van der Waals surface area contributed by atoms with Crippen molar-refractivity contribution < 1.29 is 13.9 Å². The number of halogens is 2. The highest BCUT2D eigenvalue weighted by Gasteiger charge is 2.26. The molecular formula is C65H62I2N7O3+. The first-order valence-corrected chi connectivity index (χ1v) is 28.5. The summed E-state index contributed by atoms with van der Waals surface area (Å²) >= 11 is 4.89. The van der Waals surface area contributed by atoms with Crippen molar-refractivity contribution in [1.82, 2.24) is 24.6 Å². The molecule has 3 aliphatic rings. The number of anilines is 1. The smallest absolute Gasteiger partial charge is 0.203 e. The van der Waals surface area contributed by atoms with Crippen LogP contribution in [-0.2, 0) is 13.2 Å². The van der Waals surface area contributed by atoms with Gasteiger partial charge >= 0.3 is 0 Å². The number of allylic oxidation sites excluding steroid dienone is 3. The quantitative estimate of drug-likeness (QED) is 0.0492. The summed E-state index contributed by atoms with van der Waals surface area (Å²) in [5.41, 5.74) is 16.6. The van der Waals surface area contributed by atoms with Gasteiger partial charge in [0.05, 0.1) is 41.6 Å². The number of hydrogen-bond donors (Lipinski definition) is 1. The van der Waals surface area contributed by atoms with Crippen LogP contribution in [-0.4, -0.2) is 58.5 Å². The van der Waals surface area contributed by atoms with Crippen molar-refractivity contribution in [1.29, 1.82) is 0 Å². The summed E-state index contributed by atoms with van der Waals surface area (Å²) in [4.78, 5) is 11.5. The second-order valence-corrected chi connectivity index (χ2v) is 21.0. The largest absolute Gasteiger partial charge is 0.492 e. The van der Waals surface area contributed by atoms with Gasteiger partial charge in [-0.25, -0.2) is 14.2 Å². The fraction of sp³-hybridized carbons (Fsp3) is 0.200. The van der Waals surface area contributed by atoms with Gasteiger partial charge in [-0.2, -0.15) is 0 Å². The molecule has 7 aromatic rings. The van der Waals surface area contributed by atoms with E-state index in [4.69, 9.17) is 18.9 Å². The summed E-state index contributed by atoms with van der Waals surface area (Å²) in [6, 6.07) is 50.5. The van der Waals surface area contributed by atoms with Crippen LogP contribution in [0, 0.1) is 10.5 Å². The number of rotatable bonds is 19. The third-order valence-electron chi connectivity index (χ3n) is 14.1. The topological polar surface area (TPSA) is 96.7 Å². The molecule has 0 saturated carbocycles. The molecule has 12 heteroatoms. The van der Waals surface area contributed by atoms with E-state index < -0.39 is 0 Å². The van der Waals surface area contributed by atoms with E-state index in [2.05, 4.69) is 245 Å². The highest BCUT2D eigenvalue weighted by atomic mass is 127. The van der Waals surface area contributed by atoms with Crippen LogP contribution in [0.15, 0.2) is 182 Å². The van der Waals surface area contributed by atoms with E-state index >= 15 is 0 Å². The second-order valence-electron chi connectivity index (χ2n) is 18.8. The Morgan fingerprint density at radius 1 is 0.740 bits per heavy atom. The molecule has 0 bridgehead atoms. The Kier molecular flexibility index (Phi) is 16.8. The molecule has 10 rings (SSSR count). The summed E-state index contributed by atoms with van der Waals surface area (Å²) in [7, 11) is 0. The third kappa shape index (κ3) is 11.8. The maximum atomic E-state index is 6.70. The van der Waals surface area contributed by atoms with Crippen LogP contribution in [0.25, 0.3) is 57.2 Å². The number of aromatic nitrogens is 4. The van der Waals surface area contributed by atoms with Gasteiger partial charge < -0.3 is 23.8 Å². The second kappa shape index (κ2) is 24.4. The van der Waals surface area contributed by atoms with Gasteiger partial charge in [-0.05, 0) is 175 Å². The monoisotopic (exact) mass is 1240 g/mol. The summed E-state index contributed by atoms with van der Waals surface area (Å²) in [5.74, 6) is 2.38. The minimum atomic E-state index is 0.270. The minimum absolute atomic E-state index is 0.270. The average Bonchev–Trinajstić information content (AvgIpc) is 4.18. The van der Waals surface area contributed by atoms with Crippen molar-refractivity contribution in [2.24, 2.45) is 4.99 Å². The van der Waals surface area contributed by atoms with Crippen molar-refractivity contribution in [2.45, 2.75) is 54.7 Å². The fourth-order valence-corrected chi connectivity index (χ4v) is 11.0. The molecule has 2 aliphatic heterocycles. The Hall–Kier alpha value is -7.30. The van der Waals surface area contributed by atoms with Crippen molar-refractivity contribution >= 4 is 91.4 Å². The molecule has 0 unspecified atom stereocenters. The van der Waals surface area contributed by atoms with Crippen LogP contribution in [0.4, 0.5) is 5.69 Å². The van der Waals surface area contributed by atoms with Gasteiger partial charge in [0.25, 0.3) is 0 Å². The molecule has 0 spiro atoms. The summed E-state index contributed by atoms with van der Waals surface area (Å²) in [5, 5.41) is 11.0. The number of H-pyrrole nitrogens is 1. The number of aliphatic imine (C=N–C) groups is 1. The Balaban J connectivity index is 0.830. The molecule has 1 N–H and O–H groups in total. The summed E-state index contributed by atoms with van der Waals surface area (Å²) in [6.45, 7) is 18.0. The molecule has 388 valence electrons. The number of benzene rings is 6. The molecule has 77 heavy (non-hydrogen) atoms. The van der Waals surface area contributed by atoms with Crippen molar-refractivity contribution in [3.8, 4) is 33.9 Å². The molecule has 1 aliphatic carbocycles. The lowest BCUT2D eigenvalue weighted by Crippen LogP contribution is -2.29. The molecule has 0 fully saturated rings. The highest BCUT2D eigenvalue weighted by molar-refractivity contribution is 14.1. The van der Waals surface area contributed by atoms with Gasteiger partial charge in [0.1, 0.15) is 54.8 Å². The van der Waals surface area contributed by atoms with Crippen LogP contribution in [0.2, 0.25) is 0 Å². The summed E-state index contributed by atoms with van der Waals surface area (Å²) < 4.78 is 25.7. The summed E-state index contributed by atoms with van der Waals surface area (Å²) in [6.07, 6.45) is 10.4. The van der Waals surface area contributed by atoms with Crippen LogP contribution < -0.4 is 24.3 Å². The van der Waals surface area contributed by atoms with Gasteiger partial charge in [0.2, 0.25) is 5.36 Å². The van der Waals surface area contributed by atoms with Crippen molar-refractivity contribution in [3.05, 3.63) is 221 Å². The molecule has 0 radical (unpaired) electrons.